The van der Waals surface area contributed by atoms with E-state index in [4.69, 9.17) is 9.72 Å². The smallest absolute Gasteiger partial charge is 0.322 e. The van der Waals surface area contributed by atoms with Crippen molar-refractivity contribution < 1.29 is 4.74 Å². The summed E-state index contributed by atoms with van der Waals surface area (Å²) in [5.41, 5.74) is 2.34. The van der Waals surface area contributed by atoms with Gasteiger partial charge in [0.1, 0.15) is 5.65 Å². The van der Waals surface area contributed by atoms with E-state index in [-0.39, 0.29) is 0 Å². The third-order valence-corrected chi connectivity index (χ3v) is 6.36. The van der Waals surface area contributed by atoms with Crippen molar-refractivity contribution in [3.05, 3.63) is 30.1 Å². The summed E-state index contributed by atoms with van der Waals surface area (Å²) >= 11 is 0. The lowest BCUT2D eigenvalue weighted by Gasteiger charge is -2.32. The molecule has 5 heterocycles. The zero-order chi connectivity index (χ0) is 20.3. The van der Waals surface area contributed by atoms with E-state index in [1.165, 1.54) is 36.6 Å². The highest BCUT2D eigenvalue weighted by molar-refractivity contribution is 5.80. The van der Waals surface area contributed by atoms with Crippen molar-refractivity contribution in [1.82, 2.24) is 24.9 Å². The Morgan fingerprint density at radius 1 is 0.933 bits per heavy atom. The molecule has 30 heavy (non-hydrogen) atoms. The lowest BCUT2D eigenvalue weighted by Crippen LogP contribution is -2.35. The maximum Gasteiger partial charge on any atom is 0.322 e. The average Bonchev–Trinajstić information content (AvgIpc) is 3.04. The summed E-state index contributed by atoms with van der Waals surface area (Å²) in [5, 5.41) is 1.24. The van der Waals surface area contributed by atoms with Crippen LogP contribution in [0.1, 0.15) is 50.0 Å². The van der Waals surface area contributed by atoms with Gasteiger partial charge in [0.2, 0.25) is 11.9 Å². The van der Waals surface area contributed by atoms with E-state index in [0.717, 1.165) is 56.6 Å². The van der Waals surface area contributed by atoms with E-state index in [2.05, 4.69) is 42.0 Å². The van der Waals surface area contributed by atoms with Crippen LogP contribution in [0.3, 0.4) is 0 Å². The first-order valence-corrected chi connectivity index (χ1v) is 11.0. The van der Waals surface area contributed by atoms with E-state index in [0.29, 0.717) is 11.9 Å². The van der Waals surface area contributed by atoms with Gasteiger partial charge in [0.15, 0.2) is 0 Å². The van der Waals surface area contributed by atoms with Crippen LogP contribution in [0.2, 0.25) is 0 Å². The summed E-state index contributed by atoms with van der Waals surface area (Å²) in [6.45, 7) is 3.85. The van der Waals surface area contributed by atoms with Crippen molar-refractivity contribution in [3.8, 4) is 6.01 Å². The summed E-state index contributed by atoms with van der Waals surface area (Å²) < 4.78 is 5.41. The van der Waals surface area contributed by atoms with E-state index in [1.807, 2.05) is 12.3 Å². The summed E-state index contributed by atoms with van der Waals surface area (Å²) in [4.78, 5) is 26.3. The van der Waals surface area contributed by atoms with Gasteiger partial charge in [0, 0.05) is 44.0 Å². The number of piperidine rings is 1. The van der Waals surface area contributed by atoms with Crippen LogP contribution in [-0.2, 0) is 0 Å². The van der Waals surface area contributed by atoms with Gasteiger partial charge in [-0.1, -0.05) is 12.8 Å². The minimum Gasteiger partial charge on any atom is -0.467 e. The molecule has 0 radical (unpaired) electrons. The minimum atomic E-state index is 0.407. The number of methoxy groups -OCH3 is 1. The lowest BCUT2D eigenvalue weighted by molar-refractivity contribution is 0.376. The molecule has 0 spiro atoms. The summed E-state index contributed by atoms with van der Waals surface area (Å²) in [6, 6.07) is 4.57. The van der Waals surface area contributed by atoms with Gasteiger partial charge < -0.3 is 19.5 Å². The second-order valence-electron chi connectivity index (χ2n) is 8.23. The number of nitrogens with zero attached hydrogens (tertiary/aromatic N) is 6. The van der Waals surface area contributed by atoms with Gasteiger partial charge >= 0.3 is 6.01 Å². The molecule has 2 saturated heterocycles. The molecule has 0 saturated carbocycles. The van der Waals surface area contributed by atoms with Gasteiger partial charge in [-0.3, -0.25) is 0 Å². The molecule has 8 nitrogen and oxygen atoms in total. The summed E-state index contributed by atoms with van der Waals surface area (Å²) in [6.07, 6.45) is 11.0. The molecule has 158 valence electrons. The quantitative estimate of drug-likeness (QED) is 0.708. The highest BCUT2D eigenvalue weighted by atomic mass is 16.5. The molecule has 0 bridgehead atoms. The van der Waals surface area contributed by atoms with Crippen molar-refractivity contribution in [1.29, 1.82) is 0 Å². The predicted molar refractivity (Wildman–Crippen MR) is 117 cm³/mol. The molecule has 2 fully saturated rings. The Morgan fingerprint density at radius 3 is 2.33 bits per heavy atom. The molecule has 8 heteroatoms. The SMILES string of the molecule is COc1nc(N2CCCCCC2)nc(N2CCC(c3c[nH]c4ncccc34)CC2)n1. The minimum absolute atomic E-state index is 0.407. The Hall–Kier alpha value is -2.90. The third kappa shape index (κ3) is 3.78. The zero-order valence-corrected chi connectivity index (χ0v) is 17.5. The van der Waals surface area contributed by atoms with Gasteiger partial charge in [0.05, 0.1) is 7.11 Å². The topological polar surface area (TPSA) is 83.1 Å². The van der Waals surface area contributed by atoms with E-state index >= 15 is 0 Å². The van der Waals surface area contributed by atoms with Gasteiger partial charge in [-0.2, -0.15) is 15.0 Å². The van der Waals surface area contributed by atoms with Crippen LogP contribution in [0.25, 0.3) is 11.0 Å². The molecule has 1 N–H and O–H groups in total. The fourth-order valence-corrected chi connectivity index (χ4v) is 4.69. The highest BCUT2D eigenvalue weighted by Gasteiger charge is 2.26. The highest BCUT2D eigenvalue weighted by Crippen LogP contribution is 2.34. The molecular weight excluding hydrogens is 378 g/mol. The van der Waals surface area contributed by atoms with Crippen LogP contribution >= 0.6 is 0 Å². The van der Waals surface area contributed by atoms with Gasteiger partial charge in [-0.25, -0.2) is 4.98 Å². The molecule has 3 aromatic rings. The van der Waals surface area contributed by atoms with Crippen LogP contribution in [-0.4, -0.2) is 58.2 Å². The number of nitrogens with one attached hydrogen (secondary N) is 1. The maximum atomic E-state index is 5.41. The number of hydrogen-bond acceptors (Lipinski definition) is 7. The number of H-pyrrole nitrogens is 1. The Bertz CT molecular complexity index is 988. The van der Waals surface area contributed by atoms with Crippen molar-refractivity contribution in [2.75, 3.05) is 43.1 Å². The second kappa shape index (κ2) is 8.45. The number of fused-ring (bicyclic) bond motifs is 1. The predicted octanol–water partition coefficient (Wildman–Crippen LogP) is 3.52. The Balaban J connectivity index is 1.33. The van der Waals surface area contributed by atoms with Crippen molar-refractivity contribution >= 4 is 22.9 Å². The number of aromatic nitrogens is 5. The third-order valence-electron chi connectivity index (χ3n) is 6.36. The van der Waals surface area contributed by atoms with Crippen LogP contribution in [0.5, 0.6) is 6.01 Å². The van der Waals surface area contributed by atoms with Gasteiger partial charge in [0.25, 0.3) is 0 Å². The number of aromatic amines is 1. The number of anilines is 2. The molecule has 5 rings (SSSR count). The van der Waals surface area contributed by atoms with Crippen molar-refractivity contribution in [3.63, 3.8) is 0 Å². The normalized spacial score (nSPS) is 18.6. The monoisotopic (exact) mass is 407 g/mol. The first kappa shape index (κ1) is 19.1. The van der Waals surface area contributed by atoms with Crippen molar-refractivity contribution in [2.24, 2.45) is 0 Å². The Kier molecular flexibility index (Phi) is 5.38. The number of hydrogen-bond donors (Lipinski definition) is 1. The standard InChI is InChI=1S/C22H29N7O/c1-30-22-26-20(28-11-4-2-3-5-12-28)25-21(27-22)29-13-8-16(9-14-29)18-15-24-19-17(18)7-6-10-23-19/h6-7,10,15-16H,2-5,8-9,11-14H2,1H3,(H,23,24). The van der Waals surface area contributed by atoms with Crippen LogP contribution in [0.4, 0.5) is 11.9 Å². The van der Waals surface area contributed by atoms with E-state index in [1.54, 1.807) is 7.11 Å². The first-order chi connectivity index (χ1) is 14.8. The van der Waals surface area contributed by atoms with Gasteiger partial charge in [-0.05, 0) is 49.3 Å². The van der Waals surface area contributed by atoms with Crippen LogP contribution in [0, 0.1) is 0 Å². The molecule has 0 unspecified atom stereocenters. The molecular formula is C22H29N7O. The summed E-state index contributed by atoms with van der Waals surface area (Å²) in [7, 11) is 1.63. The fourth-order valence-electron chi connectivity index (χ4n) is 4.69. The largest absolute Gasteiger partial charge is 0.467 e. The van der Waals surface area contributed by atoms with Crippen LogP contribution < -0.4 is 14.5 Å². The van der Waals surface area contributed by atoms with Crippen LogP contribution in [0.15, 0.2) is 24.5 Å². The number of ether oxygens (including phenoxy) is 1. The average molecular weight is 408 g/mol. The molecule has 3 aromatic heterocycles. The molecule has 0 amide bonds. The molecule has 0 aromatic carbocycles. The summed E-state index contributed by atoms with van der Waals surface area (Å²) in [5.74, 6) is 2.01. The zero-order valence-electron chi connectivity index (χ0n) is 17.5. The second-order valence-corrected chi connectivity index (χ2v) is 8.23. The number of rotatable bonds is 4. The number of pyridine rings is 1. The first-order valence-electron chi connectivity index (χ1n) is 11.0. The van der Waals surface area contributed by atoms with E-state index in [9.17, 15) is 0 Å². The Labute approximate surface area is 176 Å². The fraction of sp³-hybridized carbons (Fsp3) is 0.545. The lowest BCUT2D eigenvalue weighted by atomic mass is 9.89. The molecule has 2 aliphatic heterocycles. The maximum absolute atomic E-state index is 5.41. The van der Waals surface area contributed by atoms with Crippen molar-refractivity contribution in [2.45, 2.75) is 44.4 Å². The molecule has 0 aliphatic carbocycles. The van der Waals surface area contributed by atoms with E-state index < -0.39 is 0 Å². The Morgan fingerprint density at radius 2 is 1.63 bits per heavy atom. The molecule has 0 atom stereocenters. The molecule has 2 aliphatic rings. The van der Waals surface area contributed by atoms with Gasteiger partial charge in [-0.15, -0.1) is 0 Å².